The number of carbonyl (C=O) groups excluding carboxylic acids is 1. The van der Waals surface area contributed by atoms with Crippen molar-refractivity contribution in [2.45, 2.75) is 31.1 Å². The van der Waals surface area contributed by atoms with Gasteiger partial charge in [-0.25, -0.2) is 8.42 Å². The van der Waals surface area contributed by atoms with Gasteiger partial charge < -0.3 is 5.21 Å². The summed E-state index contributed by atoms with van der Waals surface area (Å²) in [5.74, 6) is -0.684. The third-order valence-corrected chi connectivity index (χ3v) is 6.05. The SMILES string of the molecule is [2H]c1cc(C(=O)c2cc(Cl)ccc2NS(=O)(=O)c2ccc(C(C)(C)C)cc2)cc([2H])[n+]1[O-]. The summed E-state index contributed by atoms with van der Waals surface area (Å²) in [4.78, 5) is 13.1. The van der Waals surface area contributed by atoms with Gasteiger partial charge in [0, 0.05) is 28.3 Å². The third kappa shape index (κ3) is 4.80. The van der Waals surface area contributed by atoms with E-state index >= 15 is 0 Å². The molecule has 1 heterocycles. The molecule has 0 radical (unpaired) electrons. The molecule has 0 saturated carbocycles. The summed E-state index contributed by atoms with van der Waals surface area (Å²) >= 11 is 6.03. The zero-order chi connectivity index (χ0) is 23.8. The molecule has 8 heteroatoms. The highest BCUT2D eigenvalue weighted by molar-refractivity contribution is 7.92. The number of halogens is 1. The lowest BCUT2D eigenvalue weighted by atomic mass is 9.87. The molecule has 1 N–H and O–H groups in total. The van der Waals surface area contributed by atoms with Gasteiger partial charge in [-0.3, -0.25) is 9.52 Å². The van der Waals surface area contributed by atoms with Crippen molar-refractivity contribution in [1.29, 1.82) is 0 Å². The number of hydrogen-bond acceptors (Lipinski definition) is 4. The first-order valence-corrected chi connectivity index (χ1v) is 10.8. The minimum Gasteiger partial charge on any atom is -0.619 e. The molecule has 0 aliphatic heterocycles. The average Bonchev–Trinajstić information content (AvgIpc) is 2.71. The number of anilines is 1. The van der Waals surface area contributed by atoms with Gasteiger partial charge in [0.1, 0.15) is 2.74 Å². The summed E-state index contributed by atoms with van der Waals surface area (Å²) in [5.41, 5.74) is 0.628. The minimum atomic E-state index is -4.02. The van der Waals surface area contributed by atoms with Crippen LogP contribution in [0.2, 0.25) is 5.02 Å². The Morgan fingerprint density at radius 2 is 1.67 bits per heavy atom. The molecule has 1 aromatic heterocycles. The van der Waals surface area contributed by atoms with Gasteiger partial charge in [0.05, 0.1) is 10.6 Å². The Labute approximate surface area is 183 Å². The summed E-state index contributed by atoms with van der Waals surface area (Å²) in [6.45, 7) is 6.05. The van der Waals surface area contributed by atoms with Crippen molar-refractivity contribution in [3.05, 3.63) is 93.9 Å². The Morgan fingerprint density at radius 3 is 2.23 bits per heavy atom. The smallest absolute Gasteiger partial charge is 0.261 e. The molecule has 3 rings (SSSR count). The van der Waals surface area contributed by atoms with E-state index in [9.17, 15) is 18.4 Å². The fourth-order valence-corrected chi connectivity index (χ4v) is 4.00. The predicted octanol–water partition coefficient (Wildman–Crippen LogP) is 4.30. The maximum absolute atomic E-state index is 13.0. The van der Waals surface area contributed by atoms with E-state index in [1.165, 1.54) is 30.3 Å². The van der Waals surface area contributed by atoms with Gasteiger partial charge in [0.15, 0.2) is 18.1 Å². The van der Waals surface area contributed by atoms with Crippen LogP contribution in [0, 0.1) is 5.21 Å². The highest BCUT2D eigenvalue weighted by atomic mass is 35.5. The van der Waals surface area contributed by atoms with Crippen LogP contribution >= 0.6 is 11.6 Å². The Bertz CT molecular complexity index is 1280. The molecule has 0 bridgehead atoms. The summed E-state index contributed by atoms with van der Waals surface area (Å²) in [7, 11) is -4.02. The number of carbonyl (C=O) groups is 1. The van der Waals surface area contributed by atoms with Crippen LogP contribution in [0.5, 0.6) is 0 Å². The largest absolute Gasteiger partial charge is 0.619 e. The first kappa shape index (κ1) is 19.1. The molecule has 0 fully saturated rings. The monoisotopic (exact) mass is 446 g/mol. The maximum Gasteiger partial charge on any atom is 0.261 e. The molecule has 0 aliphatic rings. The molecular weight excluding hydrogens is 424 g/mol. The van der Waals surface area contributed by atoms with Crippen molar-refractivity contribution in [3.8, 4) is 0 Å². The second kappa shape index (κ2) is 8.08. The van der Waals surface area contributed by atoms with Crippen LogP contribution in [0.1, 0.15) is 45.0 Å². The number of ketones is 1. The molecule has 2 aromatic carbocycles. The van der Waals surface area contributed by atoms with E-state index in [1.807, 2.05) is 20.8 Å². The van der Waals surface area contributed by atoms with Gasteiger partial charge in [-0.1, -0.05) is 44.5 Å². The van der Waals surface area contributed by atoms with Crippen LogP contribution in [0.3, 0.4) is 0 Å². The zero-order valence-electron chi connectivity index (χ0n) is 18.6. The van der Waals surface area contributed by atoms with Crippen LogP contribution in [0.4, 0.5) is 5.69 Å². The van der Waals surface area contributed by atoms with E-state index in [-0.39, 0.29) is 36.9 Å². The van der Waals surface area contributed by atoms with Crippen molar-refractivity contribution in [3.63, 3.8) is 0 Å². The van der Waals surface area contributed by atoms with Crippen LogP contribution in [0.15, 0.2) is 71.8 Å². The second-order valence-electron chi connectivity index (χ2n) is 7.70. The Balaban J connectivity index is 2.00. The van der Waals surface area contributed by atoms with E-state index < -0.39 is 28.2 Å². The quantitative estimate of drug-likeness (QED) is 0.359. The van der Waals surface area contributed by atoms with Crippen molar-refractivity contribution in [2.75, 3.05) is 4.72 Å². The van der Waals surface area contributed by atoms with Gasteiger partial charge in [0.25, 0.3) is 10.0 Å². The van der Waals surface area contributed by atoms with Gasteiger partial charge in [0.2, 0.25) is 0 Å². The first-order valence-electron chi connectivity index (χ1n) is 9.98. The van der Waals surface area contributed by atoms with Crippen LogP contribution in [-0.2, 0) is 15.4 Å². The second-order valence-corrected chi connectivity index (χ2v) is 9.81. The number of nitrogens with one attached hydrogen (secondary N) is 1. The summed E-state index contributed by atoms with van der Waals surface area (Å²) in [6, 6.07) is 12.5. The zero-order valence-corrected chi connectivity index (χ0v) is 18.1. The van der Waals surface area contributed by atoms with Crippen LogP contribution < -0.4 is 9.45 Å². The normalized spacial score (nSPS) is 12.8. The summed E-state index contributed by atoms with van der Waals surface area (Å²) in [6.07, 6.45) is -1.16. The van der Waals surface area contributed by atoms with E-state index in [4.69, 9.17) is 14.3 Å². The molecule has 0 aliphatic carbocycles. The molecule has 30 heavy (non-hydrogen) atoms. The fourth-order valence-electron chi connectivity index (χ4n) is 2.75. The van der Waals surface area contributed by atoms with E-state index in [2.05, 4.69) is 4.72 Å². The molecular formula is C22H21ClN2O4S. The van der Waals surface area contributed by atoms with Gasteiger partial charge in [-0.15, -0.1) is 0 Å². The number of nitrogens with zero attached hydrogens (tertiary/aromatic N) is 1. The molecule has 0 spiro atoms. The number of hydrogen-bond donors (Lipinski definition) is 1. The lowest BCUT2D eigenvalue weighted by Crippen LogP contribution is -2.24. The third-order valence-electron chi connectivity index (χ3n) is 4.44. The van der Waals surface area contributed by atoms with Crippen molar-refractivity contribution in [2.24, 2.45) is 0 Å². The van der Waals surface area contributed by atoms with Crippen molar-refractivity contribution in [1.82, 2.24) is 0 Å². The summed E-state index contributed by atoms with van der Waals surface area (Å²) in [5, 5.41) is 11.7. The molecule has 0 saturated heterocycles. The Kier molecular flexibility index (Phi) is 5.14. The van der Waals surface area contributed by atoms with E-state index in [0.717, 1.165) is 17.7 Å². The first-order chi connectivity index (χ1) is 14.8. The Hall–Kier alpha value is -2.90. The molecule has 6 nitrogen and oxygen atoms in total. The van der Waals surface area contributed by atoms with Crippen LogP contribution in [0.25, 0.3) is 0 Å². The number of pyridine rings is 1. The fraction of sp³-hybridized carbons (Fsp3) is 0.182. The standard InChI is InChI=1S/C22H21ClN2O4S/c1-22(2,3)16-4-7-18(8-5-16)30(28,29)24-20-9-6-17(23)14-19(20)21(26)15-10-12-25(27)13-11-15/h4-14,24H,1-3H3/i12D,13D. The highest BCUT2D eigenvalue weighted by Crippen LogP contribution is 2.27. The summed E-state index contributed by atoms with van der Waals surface area (Å²) < 4.78 is 43.6. The predicted molar refractivity (Wildman–Crippen MR) is 116 cm³/mol. The molecule has 156 valence electrons. The van der Waals surface area contributed by atoms with Crippen LogP contribution in [-0.4, -0.2) is 14.2 Å². The number of benzene rings is 2. The molecule has 0 unspecified atom stereocenters. The average molecular weight is 447 g/mol. The van der Waals surface area contributed by atoms with Crippen molar-refractivity contribution >= 4 is 33.1 Å². The number of rotatable bonds is 5. The van der Waals surface area contributed by atoms with Gasteiger partial charge >= 0.3 is 0 Å². The van der Waals surface area contributed by atoms with Gasteiger partial charge in [-0.05, 0) is 41.3 Å². The lowest BCUT2D eigenvalue weighted by Gasteiger charge is -2.19. The minimum absolute atomic E-state index is 0.0174. The lowest BCUT2D eigenvalue weighted by molar-refractivity contribution is -0.605. The maximum atomic E-state index is 13.0. The Morgan fingerprint density at radius 1 is 1.07 bits per heavy atom. The number of sulfonamides is 1. The van der Waals surface area contributed by atoms with E-state index in [0.29, 0.717) is 0 Å². The van der Waals surface area contributed by atoms with Crippen molar-refractivity contribution < 1.29 is 20.7 Å². The molecule has 3 aromatic rings. The molecule has 0 amide bonds. The highest BCUT2D eigenvalue weighted by Gasteiger charge is 2.21. The number of aromatic nitrogens is 1. The van der Waals surface area contributed by atoms with Gasteiger partial charge in [-0.2, -0.15) is 4.73 Å². The van der Waals surface area contributed by atoms with E-state index in [1.54, 1.807) is 12.1 Å². The topological polar surface area (TPSA) is 90.2 Å². The molecule has 0 atom stereocenters.